The lowest BCUT2D eigenvalue weighted by Crippen LogP contribution is -2.33. The predicted molar refractivity (Wildman–Crippen MR) is 103 cm³/mol. The van der Waals surface area contributed by atoms with Crippen LogP contribution < -0.4 is 22.1 Å². The molecule has 2 aliphatic rings. The van der Waals surface area contributed by atoms with Crippen LogP contribution in [0.25, 0.3) is 0 Å². The first kappa shape index (κ1) is 19.3. The molecule has 0 spiro atoms. The van der Waals surface area contributed by atoms with Crippen molar-refractivity contribution < 1.29 is 13.2 Å². The molecule has 0 saturated heterocycles. The first-order valence-corrected chi connectivity index (χ1v) is 8.88. The van der Waals surface area contributed by atoms with Crippen molar-refractivity contribution in [3.63, 3.8) is 0 Å². The summed E-state index contributed by atoms with van der Waals surface area (Å²) in [6.07, 6.45) is -2.46. The van der Waals surface area contributed by atoms with E-state index in [1.807, 2.05) is 6.07 Å². The smallest absolute Gasteiger partial charge is 0.397 e. The van der Waals surface area contributed by atoms with E-state index in [1.54, 1.807) is 6.19 Å². The number of nitrogen functional groups attached to an aromatic ring is 2. The molecule has 1 atom stereocenters. The molecule has 8 nitrogen and oxygen atoms in total. The molecule has 6 N–H and O–H groups in total. The van der Waals surface area contributed by atoms with Crippen molar-refractivity contribution in [2.75, 3.05) is 16.8 Å². The van der Waals surface area contributed by atoms with Gasteiger partial charge in [0.1, 0.15) is 29.3 Å². The molecule has 1 fully saturated rings. The van der Waals surface area contributed by atoms with Gasteiger partial charge in [-0.25, -0.2) is 9.98 Å². The number of nitrogens with one attached hydrogen (secondary N) is 2. The van der Waals surface area contributed by atoms with E-state index in [2.05, 4.69) is 20.6 Å². The van der Waals surface area contributed by atoms with Crippen molar-refractivity contribution in [2.45, 2.75) is 30.5 Å². The molecule has 152 valence electrons. The topological polar surface area (TPSA) is 149 Å². The first-order valence-electron chi connectivity index (χ1n) is 8.88. The summed E-state index contributed by atoms with van der Waals surface area (Å²) in [6.45, 7) is 0. The number of nitriles is 2. The molecule has 2 aromatic rings. The van der Waals surface area contributed by atoms with Crippen LogP contribution in [0.3, 0.4) is 0 Å². The third-order valence-electron chi connectivity index (χ3n) is 5.43. The summed E-state index contributed by atoms with van der Waals surface area (Å²) in [5, 5.41) is 23.4. The highest BCUT2D eigenvalue weighted by molar-refractivity contribution is 5.98. The van der Waals surface area contributed by atoms with Gasteiger partial charge in [-0.2, -0.15) is 23.7 Å². The van der Waals surface area contributed by atoms with Gasteiger partial charge >= 0.3 is 6.18 Å². The highest BCUT2D eigenvalue weighted by atomic mass is 19.4. The summed E-state index contributed by atoms with van der Waals surface area (Å²) < 4.78 is 40.2. The molecule has 2 heterocycles. The van der Waals surface area contributed by atoms with E-state index in [1.165, 1.54) is 24.3 Å². The van der Waals surface area contributed by atoms with Crippen molar-refractivity contribution in [3.05, 3.63) is 46.5 Å². The first-order chi connectivity index (χ1) is 14.2. The number of fused-ring (bicyclic) bond motifs is 1. The molecule has 30 heavy (non-hydrogen) atoms. The Labute approximate surface area is 169 Å². The lowest BCUT2D eigenvalue weighted by molar-refractivity contribution is -0.160. The number of halogens is 3. The standard InChI is InChI=1S/C19H15F3N8/c20-19(21,22)18(5-6-18)10-3-1-9(2-4-10)14-12-13(25)11(7-23)15(26)29-16(12)30-17(28-14)27-8-24/h1-4,14H,5-6H2,(H6,25,26,27,28,29,30). The fraction of sp³-hybridized carbons (Fsp3) is 0.263. The number of aliphatic imine (C=N–C) groups is 1. The summed E-state index contributed by atoms with van der Waals surface area (Å²) >= 11 is 0. The van der Waals surface area contributed by atoms with Crippen LogP contribution in [0.4, 0.5) is 30.5 Å². The number of rotatable bonds is 2. The van der Waals surface area contributed by atoms with Gasteiger partial charge in [0.05, 0.1) is 11.1 Å². The third kappa shape index (κ3) is 2.83. The van der Waals surface area contributed by atoms with Crippen molar-refractivity contribution in [1.29, 1.82) is 10.5 Å². The molecular weight excluding hydrogens is 397 g/mol. The number of anilines is 3. The van der Waals surface area contributed by atoms with E-state index in [0.717, 1.165) is 0 Å². The Kier molecular flexibility index (Phi) is 4.20. The average Bonchev–Trinajstić information content (AvgIpc) is 3.50. The average molecular weight is 412 g/mol. The second-order valence-corrected chi connectivity index (χ2v) is 7.10. The maximum Gasteiger partial charge on any atom is 0.398 e. The fourth-order valence-electron chi connectivity index (χ4n) is 3.67. The molecule has 4 rings (SSSR count). The van der Waals surface area contributed by atoms with Crippen LogP contribution in [0.5, 0.6) is 0 Å². The molecule has 0 radical (unpaired) electrons. The number of nitrogens with zero attached hydrogens (tertiary/aromatic N) is 4. The number of benzene rings is 1. The van der Waals surface area contributed by atoms with Gasteiger partial charge in [-0.05, 0) is 24.0 Å². The monoisotopic (exact) mass is 412 g/mol. The number of hydrogen-bond donors (Lipinski definition) is 4. The molecule has 11 heteroatoms. The minimum absolute atomic E-state index is 0.0157. The Morgan fingerprint density at radius 2 is 1.83 bits per heavy atom. The molecule has 1 aromatic carbocycles. The molecule has 1 saturated carbocycles. The molecule has 1 aromatic heterocycles. The number of guanidine groups is 1. The van der Waals surface area contributed by atoms with Gasteiger partial charge in [0.2, 0.25) is 5.96 Å². The second kappa shape index (κ2) is 6.52. The van der Waals surface area contributed by atoms with Crippen LogP contribution in [0.1, 0.15) is 41.1 Å². The van der Waals surface area contributed by atoms with E-state index in [9.17, 15) is 18.4 Å². The zero-order valence-corrected chi connectivity index (χ0v) is 15.4. The number of hydrogen-bond acceptors (Lipinski definition) is 8. The lowest BCUT2D eigenvalue weighted by atomic mass is 9.90. The van der Waals surface area contributed by atoms with Gasteiger partial charge in [-0.1, -0.05) is 24.3 Å². The van der Waals surface area contributed by atoms with E-state index < -0.39 is 17.6 Å². The molecule has 1 unspecified atom stereocenters. The van der Waals surface area contributed by atoms with Crippen LogP contribution in [0.2, 0.25) is 0 Å². The summed E-state index contributed by atoms with van der Waals surface area (Å²) in [5.74, 6) is 0.193. The van der Waals surface area contributed by atoms with Crippen LogP contribution >= 0.6 is 0 Å². The van der Waals surface area contributed by atoms with Crippen LogP contribution in [-0.2, 0) is 5.41 Å². The Hall–Kier alpha value is -3.99. The molecule has 1 aliphatic heterocycles. The lowest BCUT2D eigenvalue weighted by Gasteiger charge is -2.26. The Balaban J connectivity index is 1.81. The van der Waals surface area contributed by atoms with E-state index >= 15 is 0 Å². The Morgan fingerprint density at radius 1 is 1.17 bits per heavy atom. The zero-order chi connectivity index (χ0) is 21.7. The highest BCUT2D eigenvalue weighted by Gasteiger charge is 2.64. The fourth-order valence-corrected chi connectivity index (χ4v) is 3.67. The highest BCUT2D eigenvalue weighted by Crippen LogP contribution is 2.59. The molecule has 1 aliphatic carbocycles. The number of alkyl halides is 3. The van der Waals surface area contributed by atoms with Crippen molar-refractivity contribution in [1.82, 2.24) is 10.3 Å². The van der Waals surface area contributed by atoms with Crippen LogP contribution in [-0.4, -0.2) is 17.1 Å². The largest absolute Gasteiger partial charge is 0.398 e. The summed E-state index contributed by atoms with van der Waals surface area (Å²) in [7, 11) is 0. The minimum Gasteiger partial charge on any atom is -0.397 e. The van der Waals surface area contributed by atoms with E-state index in [-0.39, 0.29) is 47.3 Å². The summed E-state index contributed by atoms with van der Waals surface area (Å²) in [5.41, 5.74) is 11.3. The van der Waals surface area contributed by atoms with Gasteiger partial charge in [0, 0.05) is 5.56 Å². The Morgan fingerprint density at radius 3 is 2.37 bits per heavy atom. The number of aromatic nitrogens is 1. The molecular formula is C19H15F3N8. The van der Waals surface area contributed by atoms with Gasteiger partial charge in [-0.3, -0.25) is 5.32 Å². The summed E-state index contributed by atoms with van der Waals surface area (Å²) in [4.78, 5) is 8.52. The van der Waals surface area contributed by atoms with Gasteiger partial charge in [0.15, 0.2) is 6.19 Å². The quantitative estimate of drug-likeness (QED) is 0.437. The normalized spacial score (nSPS) is 18.8. The predicted octanol–water partition coefficient (Wildman–Crippen LogP) is 2.65. The SMILES string of the molecule is N#CNC1=NC(c2ccc(C3(C(F)(F)F)CC3)cc2)c2c(nc(N)c(C#N)c2N)N1. The van der Waals surface area contributed by atoms with E-state index in [0.29, 0.717) is 11.1 Å². The van der Waals surface area contributed by atoms with Gasteiger partial charge in [0.25, 0.3) is 0 Å². The number of nitrogens with two attached hydrogens (primary N) is 2. The van der Waals surface area contributed by atoms with Crippen LogP contribution in [0, 0.1) is 22.8 Å². The molecule has 0 bridgehead atoms. The second-order valence-electron chi connectivity index (χ2n) is 7.10. The Bertz CT molecular complexity index is 1130. The third-order valence-corrected chi connectivity index (χ3v) is 5.43. The van der Waals surface area contributed by atoms with Crippen molar-refractivity contribution in [2.24, 2.45) is 4.99 Å². The van der Waals surface area contributed by atoms with Crippen molar-refractivity contribution in [3.8, 4) is 12.3 Å². The van der Waals surface area contributed by atoms with Gasteiger partial charge in [-0.15, -0.1) is 0 Å². The number of pyridine rings is 1. The van der Waals surface area contributed by atoms with Crippen molar-refractivity contribution >= 4 is 23.3 Å². The molecule has 0 amide bonds. The van der Waals surface area contributed by atoms with E-state index in [4.69, 9.17) is 16.7 Å². The maximum absolute atomic E-state index is 13.4. The maximum atomic E-state index is 13.4. The summed E-state index contributed by atoms with van der Waals surface area (Å²) in [6, 6.07) is 7.03. The van der Waals surface area contributed by atoms with Gasteiger partial charge < -0.3 is 16.8 Å². The minimum atomic E-state index is -4.31. The van der Waals surface area contributed by atoms with Crippen LogP contribution in [0.15, 0.2) is 29.3 Å². The zero-order valence-electron chi connectivity index (χ0n) is 15.4.